The Labute approximate surface area is 135 Å². The number of rotatable bonds is 3. The molecule has 22 heavy (non-hydrogen) atoms. The Balaban J connectivity index is 2.08. The first-order chi connectivity index (χ1) is 10.6. The van der Waals surface area contributed by atoms with Gasteiger partial charge in [-0.2, -0.15) is 0 Å². The molecule has 2 aliphatic rings. The van der Waals surface area contributed by atoms with E-state index < -0.39 is 0 Å². The maximum atomic E-state index is 5.48. The lowest BCUT2D eigenvalue weighted by atomic mass is 9.82. The smallest absolute Gasteiger partial charge is 0.119 e. The van der Waals surface area contributed by atoms with E-state index in [1.165, 1.54) is 43.6 Å². The zero-order valence-corrected chi connectivity index (χ0v) is 14.5. The second-order valence-corrected chi connectivity index (χ2v) is 7.06. The third-order valence-corrected chi connectivity index (χ3v) is 5.53. The van der Waals surface area contributed by atoms with Crippen LogP contribution >= 0.6 is 0 Å². The van der Waals surface area contributed by atoms with Crippen molar-refractivity contribution in [1.82, 2.24) is 4.90 Å². The average Bonchev–Trinajstić information content (AvgIpc) is 2.95. The molecule has 2 aliphatic heterocycles. The number of aryl methyl sites for hydroxylation is 1. The van der Waals surface area contributed by atoms with Gasteiger partial charge in [-0.05, 0) is 73.4 Å². The number of methoxy groups -OCH3 is 1. The quantitative estimate of drug-likeness (QED) is 0.813. The number of hydrogen-bond donors (Lipinski definition) is 0. The Kier molecular flexibility index (Phi) is 4.58. The summed E-state index contributed by atoms with van der Waals surface area (Å²) in [6, 6.07) is 6.54. The Bertz CT molecular complexity index is 575. The molecular formula is C20H29NO. The standard InChI is InChI=1S/C20H29NO/c1-5-18-15(3)12-21-9-8-16(13-21)10-20(18)19-11-17(22-4)7-6-14(19)2/h6-7,11,15-16H,5,8-10,12-13H2,1-4H3/b20-18+. The Morgan fingerprint density at radius 1 is 1.27 bits per heavy atom. The molecule has 2 bridgehead atoms. The van der Waals surface area contributed by atoms with E-state index in [-0.39, 0.29) is 0 Å². The first-order valence-corrected chi connectivity index (χ1v) is 8.71. The van der Waals surface area contributed by atoms with Crippen LogP contribution in [0.2, 0.25) is 0 Å². The summed E-state index contributed by atoms with van der Waals surface area (Å²) in [5.74, 6) is 2.46. The van der Waals surface area contributed by atoms with Crippen LogP contribution in [0.5, 0.6) is 5.75 Å². The fourth-order valence-corrected chi connectivity index (χ4v) is 4.36. The van der Waals surface area contributed by atoms with Crippen LogP contribution in [0.25, 0.3) is 5.57 Å². The van der Waals surface area contributed by atoms with Gasteiger partial charge in [0.15, 0.2) is 0 Å². The summed E-state index contributed by atoms with van der Waals surface area (Å²) >= 11 is 0. The molecule has 3 rings (SSSR count). The van der Waals surface area contributed by atoms with Crippen LogP contribution in [-0.4, -0.2) is 31.6 Å². The van der Waals surface area contributed by atoms with Crippen LogP contribution in [0, 0.1) is 18.8 Å². The van der Waals surface area contributed by atoms with Crippen LogP contribution < -0.4 is 4.74 Å². The van der Waals surface area contributed by atoms with E-state index in [9.17, 15) is 0 Å². The first-order valence-electron chi connectivity index (χ1n) is 8.71. The highest BCUT2D eigenvalue weighted by Gasteiger charge is 2.30. The monoisotopic (exact) mass is 299 g/mol. The molecule has 1 fully saturated rings. The molecule has 1 saturated heterocycles. The Morgan fingerprint density at radius 3 is 2.82 bits per heavy atom. The van der Waals surface area contributed by atoms with Crippen LogP contribution in [0.3, 0.4) is 0 Å². The predicted octanol–water partition coefficient (Wildman–Crippen LogP) is 4.53. The van der Waals surface area contributed by atoms with Crippen molar-refractivity contribution in [2.24, 2.45) is 11.8 Å². The van der Waals surface area contributed by atoms with Crippen molar-refractivity contribution < 1.29 is 4.74 Å². The summed E-state index contributed by atoms with van der Waals surface area (Å²) in [5, 5.41) is 0. The normalized spacial score (nSPS) is 31.7. The lowest BCUT2D eigenvalue weighted by Gasteiger charge is -2.29. The van der Waals surface area contributed by atoms with Gasteiger partial charge in [-0.25, -0.2) is 0 Å². The molecule has 1 aromatic rings. The topological polar surface area (TPSA) is 12.5 Å². The zero-order valence-electron chi connectivity index (χ0n) is 14.5. The number of ether oxygens (including phenoxy) is 1. The van der Waals surface area contributed by atoms with E-state index in [4.69, 9.17) is 4.74 Å². The van der Waals surface area contributed by atoms with E-state index >= 15 is 0 Å². The minimum absolute atomic E-state index is 0.657. The first kappa shape index (κ1) is 15.6. The van der Waals surface area contributed by atoms with Crippen LogP contribution in [-0.2, 0) is 0 Å². The second-order valence-electron chi connectivity index (χ2n) is 7.06. The molecule has 0 N–H and O–H groups in total. The number of benzene rings is 1. The molecule has 2 heteroatoms. The molecule has 2 nitrogen and oxygen atoms in total. The van der Waals surface area contributed by atoms with Crippen molar-refractivity contribution in [2.45, 2.75) is 40.0 Å². The van der Waals surface area contributed by atoms with E-state index in [1.54, 1.807) is 18.3 Å². The van der Waals surface area contributed by atoms with Gasteiger partial charge in [0.05, 0.1) is 7.11 Å². The molecule has 0 spiro atoms. The minimum Gasteiger partial charge on any atom is -0.497 e. The van der Waals surface area contributed by atoms with Crippen molar-refractivity contribution >= 4 is 5.57 Å². The highest BCUT2D eigenvalue weighted by Crippen LogP contribution is 2.39. The number of nitrogens with zero attached hydrogens (tertiary/aromatic N) is 1. The van der Waals surface area contributed by atoms with Crippen molar-refractivity contribution in [3.63, 3.8) is 0 Å². The second kappa shape index (κ2) is 6.45. The van der Waals surface area contributed by atoms with Gasteiger partial charge in [0.25, 0.3) is 0 Å². The lowest BCUT2D eigenvalue weighted by molar-refractivity contribution is 0.288. The average molecular weight is 299 g/mol. The minimum atomic E-state index is 0.657. The summed E-state index contributed by atoms with van der Waals surface area (Å²) in [4.78, 5) is 2.67. The molecule has 3 atom stereocenters. The van der Waals surface area contributed by atoms with Crippen molar-refractivity contribution in [3.05, 3.63) is 34.9 Å². The SMILES string of the molecule is CC/C1=C(\c2cc(OC)ccc2C)CC2CCN(C2)CC1C. The summed E-state index contributed by atoms with van der Waals surface area (Å²) in [6.45, 7) is 10.8. The van der Waals surface area contributed by atoms with Gasteiger partial charge in [-0.3, -0.25) is 0 Å². The highest BCUT2D eigenvalue weighted by atomic mass is 16.5. The van der Waals surface area contributed by atoms with Gasteiger partial charge >= 0.3 is 0 Å². The molecule has 0 amide bonds. The third-order valence-electron chi connectivity index (χ3n) is 5.53. The molecule has 120 valence electrons. The zero-order chi connectivity index (χ0) is 15.7. The van der Waals surface area contributed by atoms with Crippen LogP contribution in [0.1, 0.15) is 44.2 Å². The van der Waals surface area contributed by atoms with Gasteiger partial charge < -0.3 is 9.64 Å². The number of hydrogen-bond acceptors (Lipinski definition) is 2. The molecule has 3 unspecified atom stereocenters. The van der Waals surface area contributed by atoms with E-state index in [0.29, 0.717) is 5.92 Å². The van der Waals surface area contributed by atoms with Gasteiger partial charge in [-0.15, -0.1) is 0 Å². The molecule has 0 radical (unpaired) electrons. The largest absolute Gasteiger partial charge is 0.497 e. The van der Waals surface area contributed by atoms with Gasteiger partial charge in [0, 0.05) is 13.1 Å². The van der Waals surface area contributed by atoms with Crippen molar-refractivity contribution in [2.75, 3.05) is 26.7 Å². The van der Waals surface area contributed by atoms with Crippen molar-refractivity contribution in [3.8, 4) is 5.75 Å². The summed E-state index contributed by atoms with van der Waals surface area (Å²) in [7, 11) is 1.76. The van der Waals surface area contributed by atoms with E-state index in [1.807, 2.05) is 0 Å². The van der Waals surface area contributed by atoms with Gasteiger partial charge in [-0.1, -0.05) is 25.5 Å². The van der Waals surface area contributed by atoms with Gasteiger partial charge in [0.1, 0.15) is 5.75 Å². The fraction of sp³-hybridized carbons (Fsp3) is 0.600. The molecule has 1 aromatic carbocycles. The summed E-state index contributed by atoms with van der Waals surface area (Å²) in [6.07, 6.45) is 3.75. The maximum absolute atomic E-state index is 5.48. The number of fused-ring (bicyclic) bond motifs is 2. The summed E-state index contributed by atoms with van der Waals surface area (Å²) in [5.41, 5.74) is 6.07. The van der Waals surface area contributed by atoms with Crippen LogP contribution in [0.15, 0.2) is 23.8 Å². The van der Waals surface area contributed by atoms with Gasteiger partial charge in [0.2, 0.25) is 0 Å². The molecule has 0 saturated carbocycles. The van der Waals surface area contributed by atoms with E-state index in [0.717, 1.165) is 18.1 Å². The molecule has 2 heterocycles. The van der Waals surface area contributed by atoms with Crippen LogP contribution in [0.4, 0.5) is 0 Å². The Hall–Kier alpha value is -1.28. The van der Waals surface area contributed by atoms with Crippen molar-refractivity contribution in [1.29, 1.82) is 0 Å². The maximum Gasteiger partial charge on any atom is 0.119 e. The molecule has 0 aliphatic carbocycles. The highest BCUT2D eigenvalue weighted by molar-refractivity contribution is 5.73. The third kappa shape index (κ3) is 2.94. The van der Waals surface area contributed by atoms with E-state index in [2.05, 4.69) is 43.9 Å². The summed E-state index contributed by atoms with van der Waals surface area (Å²) < 4.78 is 5.48. The molecule has 0 aromatic heterocycles. The lowest BCUT2D eigenvalue weighted by Crippen LogP contribution is -2.29. The number of allylic oxidation sites excluding steroid dienone is 1. The molecular weight excluding hydrogens is 270 g/mol. The Morgan fingerprint density at radius 2 is 2.09 bits per heavy atom. The predicted molar refractivity (Wildman–Crippen MR) is 93.3 cm³/mol. The fourth-order valence-electron chi connectivity index (χ4n) is 4.36.